The molecular formula is C17H17N3O4S2. The largest absolute Gasteiger partial charge is 0.463 e. The minimum atomic E-state index is -3.07. The Morgan fingerprint density at radius 1 is 1.38 bits per heavy atom. The number of furan rings is 1. The number of rotatable bonds is 5. The lowest BCUT2D eigenvalue weighted by atomic mass is 10.2. The lowest BCUT2D eigenvalue weighted by Crippen LogP contribution is -2.23. The first-order valence-corrected chi connectivity index (χ1v) is 10.9. The van der Waals surface area contributed by atoms with Crippen LogP contribution in [-0.4, -0.2) is 35.6 Å². The van der Waals surface area contributed by atoms with Crippen molar-refractivity contribution in [3.63, 3.8) is 0 Å². The van der Waals surface area contributed by atoms with Crippen molar-refractivity contribution >= 4 is 27.1 Å². The van der Waals surface area contributed by atoms with Gasteiger partial charge < -0.3 is 9.73 Å². The molecule has 1 aliphatic heterocycles. The first-order valence-electron chi connectivity index (χ1n) is 8.16. The maximum Gasteiger partial charge on any atom is 0.272 e. The zero-order valence-corrected chi connectivity index (χ0v) is 15.4. The monoisotopic (exact) mass is 391 g/mol. The zero-order valence-electron chi connectivity index (χ0n) is 13.8. The third-order valence-electron chi connectivity index (χ3n) is 4.30. The molecule has 3 aromatic rings. The summed E-state index contributed by atoms with van der Waals surface area (Å²) < 4.78 is 30.7. The molecular weight excluding hydrogens is 374 g/mol. The third kappa shape index (κ3) is 3.45. The fourth-order valence-electron chi connectivity index (χ4n) is 3.03. The summed E-state index contributed by atoms with van der Waals surface area (Å²) in [4.78, 5) is 13.5. The van der Waals surface area contributed by atoms with Crippen molar-refractivity contribution in [3.8, 4) is 11.5 Å². The van der Waals surface area contributed by atoms with Gasteiger partial charge >= 0.3 is 0 Å². The van der Waals surface area contributed by atoms with Crippen molar-refractivity contribution in [2.45, 2.75) is 19.0 Å². The molecule has 1 saturated heterocycles. The highest BCUT2D eigenvalue weighted by Crippen LogP contribution is 2.30. The van der Waals surface area contributed by atoms with Gasteiger partial charge in [0.2, 0.25) is 0 Å². The van der Waals surface area contributed by atoms with Crippen molar-refractivity contribution in [2.24, 2.45) is 0 Å². The highest BCUT2D eigenvalue weighted by molar-refractivity contribution is 7.91. The predicted octanol–water partition coefficient (Wildman–Crippen LogP) is 2.49. The second-order valence-electron chi connectivity index (χ2n) is 6.16. The summed E-state index contributed by atoms with van der Waals surface area (Å²) in [5.74, 6) is 0.415. The van der Waals surface area contributed by atoms with Crippen LogP contribution in [0.25, 0.3) is 11.5 Å². The zero-order chi connectivity index (χ0) is 18.1. The molecule has 9 heteroatoms. The average Bonchev–Trinajstić information content (AvgIpc) is 3.37. The van der Waals surface area contributed by atoms with E-state index in [1.54, 1.807) is 34.2 Å². The van der Waals surface area contributed by atoms with Crippen LogP contribution in [0.1, 0.15) is 27.8 Å². The number of aromatic nitrogens is 2. The number of hydrogen-bond acceptors (Lipinski definition) is 6. The summed E-state index contributed by atoms with van der Waals surface area (Å²) in [6.45, 7) is 0.428. The fraction of sp³-hybridized carbons (Fsp3) is 0.294. The van der Waals surface area contributed by atoms with E-state index in [1.807, 2.05) is 17.5 Å². The van der Waals surface area contributed by atoms with Crippen LogP contribution in [0.4, 0.5) is 0 Å². The van der Waals surface area contributed by atoms with Gasteiger partial charge in [0.25, 0.3) is 5.91 Å². The van der Waals surface area contributed by atoms with Gasteiger partial charge in [-0.05, 0) is 30.0 Å². The Bertz CT molecular complexity index is 1000. The molecule has 1 N–H and O–H groups in total. The van der Waals surface area contributed by atoms with Gasteiger partial charge in [0, 0.05) is 10.9 Å². The van der Waals surface area contributed by atoms with Gasteiger partial charge in [0.1, 0.15) is 5.69 Å². The van der Waals surface area contributed by atoms with Gasteiger partial charge in [-0.2, -0.15) is 5.10 Å². The maximum atomic E-state index is 12.5. The van der Waals surface area contributed by atoms with E-state index in [0.717, 1.165) is 4.88 Å². The molecule has 1 atom stereocenters. The van der Waals surface area contributed by atoms with Gasteiger partial charge in [-0.25, -0.2) is 8.42 Å². The topological polar surface area (TPSA) is 94.2 Å². The summed E-state index contributed by atoms with van der Waals surface area (Å²) in [6, 6.07) is 8.74. The second-order valence-corrected chi connectivity index (χ2v) is 9.42. The number of sulfone groups is 1. The van der Waals surface area contributed by atoms with E-state index >= 15 is 0 Å². The molecule has 4 rings (SSSR count). The molecule has 0 aromatic carbocycles. The van der Waals surface area contributed by atoms with Gasteiger partial charge in [0.05, 0.1) is 30.4 Å². The molecule has 26 heavy (non-hydrogen) atoms. The molecule has 1 fully saturated rings. The van der Waals surface area contributed by atoms with Crippen LogP contribution >= 0.6 is 11.3 Å². The van der Waals surface area contributed by atoms with Crippen LogP contribution in [-0.2, 0) is 16.4 Å². The fourth-order valence-corrected chi connectivity index (χ4v) is 5.37. The first-order chi connectivity index (χ1) is 12.5. The molecule has 1 unspecified atom stereocenters. The van der Waals surface area contributed by atoms with E-state index < -0.39 is 9.84 Å². The average molecular weight is 391 g/mol. The molecule has 0 bridgehead atoms. The van der Waals surface area contributed by atoms with Crippen molar-refractivity contribution in [1.29, 1.82) is 0 Å². The molecule has 1 aliphatic rings. The number of hydrogen-bond donors (Lipinski definition) is 1. The van der Waals surface area contributed by atoms with E-state index in [0.29, 0.717) is 24.4 Å². The summed E-state index contributed by atoms with van der Waals surface area (Å²) in [5.41, 5.74) is 0.857. The summed E-state index contributed by atoms with van der Waals surface area (Å²) in [5, 5.41) is 9.19. The lowest BCUT2D eigenvalue weighted by molar-refractivity contribution is 0.0945. The Morgan fingerprint density at radius 3 is 2.92 bits per heavy atom. The molecule has 0 spiro atoms. The molecule has 4 heterocycles. The molecule has 136 valence electrons. The number of nitrogens with one attached hydrogen (secondary N) is 1. The van der Waals surface area contributed by atoms with E-state index in [-0.39, 0.29) is 29.1 Å². The quantitative estimate of drug-likeness (QED) is 0.721. The Balaban J connectivity index is 1.62. The smallest absolute Gasteiger partial charge is 0.272 e. The van der Waals surface area contributed by atoms with Gasteiger partial charge in [-0.3, -0.25) is 9.48 Å². The SMILES string of the molecule is O=C(NCc1cccs1)c1cc(-c2ccco2)n(C2CCS(=O)(=O)C2)n1. The predicted molar refractivity (Wildman–Crippen MR) is 97.7 cm³/mol. The second kappa shape index (κ2) is 6.73. The lowest BCUT2D eigenvalue weighted by Gasteiger charge is -2.11. The van der Waals surface area contributed by atoms with E-state index in [1.165, 1.54) is 6.26 Å². The number of carbonyl (C=O) groups is 1. The van der Waals surface area contributed by atoms with Crippen molar-refractivity contribution in [1.82, 2.24) is 15.1 Å². The van der Waals surface area contributed by atoms with E-state index in [9.17, 15) is 13.2 Å². The number of carbonyl (C=O) groups excluding carboxylic acids is 1. The molecule has 0 saturated carbocycles. The highest BCUT2D eigenvalue weighted by atomic mass is 32.2. The Kier molecular flexibility index (Phi) is 4.41. The molecule has 0 radical (unpaired) electrons. The van der Waals surface area contributed by atoms with Crippen LogP contribution in [0.2, 0.25) is 0 Å². The minimum Gasteiger partial charge on any atom is -0.463 e. The van der Waals surface area contributed by atoms with Crippen molar-refractivity contribution in [3.05, 3.63) is 52.5 Å². The number of amides is 1. The van der Waals surface area contributed by atoms with E-state index in [4.69, 9.17) is 4.42 Å². The molecule has 7 nitrogen and oxygen atoms in total. The summed E-state index contributed by atoms with van der Waals surface area (Å²) >= 11 is 1.56. The van der Waals surface area contributed by atoms with Gasteiger partial charge in [-0.15, -0.1) is 11.3 Å². The van der Waals surface area contributed by atoms with E-state index in [2.05, 4.69) is 10.4 Å². The van der Waals surface area contributed by atoms with Crippen LogP contribution in [0.15, 0.2) is 46.4 Å². The normalized spacial score (nSPS) is 18.8. The Morgan fingerprint density at radius 2 is 2.27 bits per heavy atom. The summed E-state index contributed by atoms with van der Waals surface area (Å²) in [7, 11) is -3.07. The first kappa shape index (κ1) is 17.0. The number of thiophene rings is 1. The van der Waals surface area contributed by atoms with Crippen LogP contribution in [0.3, 0.4) is 0 Å². The number of nitrogens with zero attached hydrogens (tertiary/aromatic N) is 2. The molecule has 3 aromatic heterocycles. The van der Waals surface area contributed by atoms with Crippen molar-refractivity contribution in [2.75, 3.05) is 11.5 Å². The van der Waals surface area contributed by atoms with Crippen LogP contribution in [0.5, 0.6) is 0 Å². The molecule has 0 aliphatic carbocycles. The highest BCUT2D eigenvalue weighted by Gasteiger charge is 2.32. The van der Waals surface area contributed by atoms with Crippen molar-refractivity contribution < 1.29 is 17.6 Å². The Hall–Kier alpha value is -2.39. The van der Waals surface area contributed by atoms with Gasteiger partial charge in [0.15, 0.2) is 21.3 Å². The Labute approximate surface area is 154 Å². The van der Waals surface area contributed by atoms with Crippen LogP contribution < -0.4 is 5.32 Å². The third-order valence-corrected chi connectivity index (χ3v) is 6.93. The molecule has 1 amide bonds. The standard InChI is InChI=1S/C17H17N3O4S2/c21-17(18-10-13-3-2-7-25-13)14-9-15(16-4-1-6-24-16)20(19-14)12-5-8-26(22,23)11-12/h1-4,6-7,9,12H,5,8,10-11H2,(H,18,21). The van der Waals surface area contributed by atoms with Gasteiger partial charge in [-0.1, -0.05) is 6.07 Å². The minimum absolute atomic E-state index is 0.0264. The van der Waals surface area contributed by atoms with Crippen LogP contribution in [0, 0.1) is 0 Å². The summed E-state index contributed by atoms with van der Waals surface area (Å²) in [6.07, 6.45) is 2.02. The maximum absolute atomic E-state index is 12.5.